The molecule has 0 unspecified atom stereocenters. The van der Waals surface area contributed by atoms with Crippen molar-refractivity contribution < 1.29 is 57.4 Å². The fraction of sp³-hybridized carbons (Fsp3) is 0.235. The Morgan fingerprint density at radius 1 is 1.09 bits per heavy atom. The van der Waals surface area contributed by atoms with Crippen molar-refractivity contribution in [2.75, 3.05) is 41.5 Å². The van der Waals surface area contributed by atoms with Gasteiger partial charge in [0.25, 0.3) is 23.4 Å². The molecule has 3 amide bonds. The highest BCUT2D eigenvalue weighted by Crippen LogP contribution is 2.42. The van der Waals surface area contributed by atoms with Crippen molar-refractivity contribution in [1.29, 1.82) is 0 Å². The van der Waals surface area contributed by atoms with Crippen LogP contribution in [0.1, 0.15) is 25.7 Å². The number of terminal acetylenes is 1. The van der Waals surface area contributed by atoms with Gasteiger partial charge < -0.3 is 30.1 Å². The molecule has 2 aliphatic heterocycles. The Balaban J connectivity index is 0.000000202. The van der Waals surface area contributed by atoms with E-state index in [9.17, 15) is 38.2 Å². The predicted octanol–water partition coefficient (Wildman–Crippen LogP) is 4.35. The van der Waals surface area contributed by atoms with E-state index >= 15 is 0 Å². The molecule has 20 heteroatoms. The van der Waals surface area contributed by atoms with Crippen LogP contribution in [-0.4, -0.2) is 69.5 Å². The van der Waals surface area contributed by atoms with E-state index in [-0.39, 0.29) is 58.3 Å². The first-order chi connectivity index (χ1) is 25.5. The van der Waals surface area contributed by atoms with Gasteiger partial charge in [-0.1, -0.05) is 35.7 Å². The molecule has 3 aromatic carbocycles. The van der Waals surface area contributed by atoms with Crippen LogP contribution < -0.4 is 30.3 Å². The number of carbonyl (C=O) groups is 4. The Morgan fingerprint density at radius 3 is 2.28 bits per heavy atom. The Morgan fingerprint density at radius 2 is 1.72 bits per heavy atom. The first kappa shape index (κ1) is 40.9. The molecule has 0 bridgehead atoms. The number of nitrogens with one attached hydrogen (secondary N) is 1. The van der Waals surface area contributed by atoms with Gasteiger partial charge >= 0.3 is 13.6 Å². The number of para-hydroxylation sites is 1. The van der Waals surface area contributed by atoms with Crippen molar-refractivity contribution in [3.8, 4) is 29.6 Å². The summed E-state index contributed by atoms with van der Waals surface area (Å²) in [6.07, 6.45) is 7.41. The number of nitrogens with zero attached hydrogens (tertiary/aromatic N) is 3. The number of aliphatic carboxylic acids is 1. The summed E-state index contributed by atoms with van der Waals surface area (Å²) < 4.78 is 35.5. The minimum atomic E-state index is -4.10. The number of imide groups is 1. The van der Waals surface area contributed by atoms with Crippen molar-refractivity contribution in [1.82, 2.24) is 5.32 Å². The predicted molar refractivity (Wildman–Crippen MR) is 193 cm³/mol. The van der Waals surface area contributed by atoms with Crippen LogP contribution in [0, 0.1) is 28.3 Å². The van der Waals surface area contributed by atoms with Gasteiger partial charge in [0, 0.05) is 23.3 Å². The van der Waals surface area contributed by atoms with Crippen LogP contribution in [0.2, 0.25) is 5.02 Å². The van der Waals surface area contributed by atoms with E-state index in [0.29, 0.717) is 29.7 Å². The number of hydrogen-bond acceptors (Lipinski definition) is 11. The molecule has 0 fully saturated rings. The Bertz CT molecular complexity index is 2080. The minimum Gasteiger partial charge on any atom is -0.481 e. The molecule has 6 N–H and O–H groups in total. The van der Waals surface area contributed by atoms with Crippen molar-refractivity contribution in [2.45, 2.75) is 25.7 Å². The smallest absolute Gasteiger partial charge is 0.339 e. The van der Waals surface area contributed by atoms with E-state index in [2.05, 4.69) is 11.2 Å². The maximum absolute atomic E-state index is 14.7. The number of halogens is 2. The summed E-state index contributed by atoms with van der Waals surface area (Å²) in [6.45, 7) is -0.701. The quantitative estimate of drug-likeness (QED) is 0.0505. The molecule has 0 saturated heterocycles. The lowest BCUT2D eigenvalue weighted by atomic mass is 9.93. The fourth-order valence-corrected chi connectivity index (χ4v) is 5.93. The fourth-order valence-electron chi connectivity index (χ4n) is 5.33. The number of hydrogen-bond donors (Lipinski definition) is 5. The number of benzene rings is 3. The zero-order valence-electron chi connectivity index (χ0n) is 28.1. The average molecular weight is 788 g/mol. The standard InChI is InChI=1S/C19H15FN2O4.C12H9ClN2O3.C3H8NO5P/c1-2-7-21-15-9-14(13(20)8-16(15)26-10-17(21)23)22-18(24)11-5-3-4-6-12(11)19(22)25;13-11-10(18-8-4-2-1-3-5-8)7-6-9(12(11)14)15(16)17;5-3(6)1-4-2-10(7,8)9/h1,8-9H,3-7,10H2;1-7H,14H2;4H,1-2H2,(H,5,6)(H2,7,8,9). The van der Waals surface area contributed by atoms with Gasteiger partial charge in [-0.25, -0.2) is 9.29 Å². The van der Waals surface area contributed by atoms with E-state index in [1.54, 1.807) is 24.3 Å². The number of nitrogen functional groups attached to an aromatic ring is 1. The molecular weight excluding hydrogens is 756 g/mol. The second-order valence-electron chi connectivity index (χ2n) is 11.5. The van der Waals surface area contributed by atoms with Crippen molar-refractivity contribution in [3.05, 3.63) is 86.7 Å². The maximum Gasteiger partial charge on any atom is 0.339 e. The van der Waals surface area contributed by atoms with Gasteiger partial charge in [-0.2, -0.15) is 0 Å². The average Bonchev–Trinajstić information content (AvgIpc) is 3.37. The topological polar surface area (TPSA) is 252 Å². The molecule has 0 saturated carbocycles. The van der Waals surface area contributed by atoms with Crippen LogP contribution in [0.15, 0.2) is 65.7 Å². The third-order valence-electron chi connectivity index (χ3n) is 7.74. The molecule has 6 rings (SSSR count). The molecule has 0 spiro atoms. The number of rotatable bonds is 9. The number of nitrogens with two attached hydrogens (primary N) is 1. The summed E-state index contributed by atoms with van der Waals surface area (Å²) in [5.74, 6) is 0.121. The SMILES string of the molecule is C#CCN1C(=O)COc2cc(F)c(N3C(=O)C4=C(CCCC4)C3=O)cc21.Nc1c([N+](=O)[O-])ccc(Oc2ccccc2)c1Cl.O=C(O)CNCP(=O)(O)O. The number of carboxylic acids is 1. The number of carboxylic acid groups (broad SMARTS) is 1. The molecule has 17 nitrogen and oxygen atoms in total. The third kappa shape index (κ3) is 9.98. The summed E-state index contributed by atoms with van der Waals surface area (Å²) in [4.78, 5) is 75.8. The largest absolute Gasteiger partial charge is 0.481 e. The van der Waals surface area contributed by atoms with Crippen LogP contribution in [0.5, 0.6) is 17.2 Å². The molecule has 54 heavy (non-hydrogen) atoms. The summed E-state index contributed by atoms with van der Waals surface area (Å²) in [6, 6.07) is 14.0. The van der Waals surface area contributed by atoms with Crippen molar-refractivity contribution >= 4 is 65.6 Å². The van der Waals surface area contributed by atoms with Crippen LogP contribution in [-0.2, 0) is 23.7 Å². The Labute approximate surface area is 311 Å². The highest BCUT2D eigenvalue weighted by atomic mass is 35.5. The first-order valence-corrected chi connectivity index (χ1v) is 17.9. The van der Waals surface area contributed by atoms with Crippen molar-refractivity contribution in [3.63, 3.8) is 0 Å². The summed E-state index contributed by atoms with van der Waals surface area (Å²) in [5.41, 5.74) is 6.24. The van der Waals surface area contributed by atoms with Crippen LogP contribution in [0.4, 0.5) is 27.1 Å². The lowest BCUT2D eigenvalue weighted by Gasteiger charge is -2.29. The van der Waals surface area contributed by atoms with E-state index in [1.165, 1.54) is 23.1 Å². The van der Waals surface area contributed by atoms with E-state index in [0.717, 1.165) is 23.8 Å². The summed E-state index contributed by atoms with van der Waals surface area (Å²) in [7, 11) is -4.10. The molecule has 0 radical (unpaired) electrons. The molecule has 0 aromatic heterocycles. The van der Waals surface area contributed by atoms with Gasteiger partial charge in [-0.3, -0.25) is 44.1 Å². The highest BCUT2D eigenvalue weighted by Gasteiger charge is 2.41. The van der Waals surface area contributed by atoms with Gasteiger partial charge in [-0.15, -0.1) is 6.42 Å². The number of nitro groups is 1. The number of anilines is 3. The van der Waals surface area contributed by atoms with Crippen LogP contribution in [0.3, 0.4) is 0 Å². The molecule has 0 atom stereocenters. The summed E-state index contributed by atoms with van der Waals surface area (Å²) in [5, 5.41) is 20.8. The normalized spacial score (nSPS) is 14.8. The summed E-state index contributed by atoms with van der Waals surface area (Å²) >= 11 is 5.94. The van der Waals surface area contributed by atoms with Crippen LogP contribution in [0.25, 0.3) is 0 Å². The van der Waals surface area contributed by atoms with E-state index in [4.69, 9.17) is 48.1 Å². The monoisotopic (exact) mass is 787 g/mol. The van der Waals surface area contributed by atoms with Crippen LogP contribution >= 0.6 is 19.2 Å². The number of nitro benzene ring substituents is 1. The molecule has 1 aliphatic carbocycles. The van der Waals surface area contributed by atoms with Crippen molar-refractivity contribution in [2.24, 2.45) is 0 Å². The molecular formula is C34H32ClFN5O12P. The highest BCUT2D eigenvalue weighted by molar-refractivity contribution is 7.51. The number of carbonyl (C=O) groups excluding carboxylic acids is 3. The van der Waals surface area contributed by atoms with Gasteiger partial charge in [0.1, 0.15) is 28.0 Å². The zero-order chi connectivity index (χ0) is 39.7. The molecule has 2 heterocycles. The number of fused-ring (bicyclic) bond motifs is 1. The second kappa shape index (κ2) is 17.8. The van der Waals surface area contributed by atoms with E-state index in [1.807, 2.05) is 6.07 Å². The van der Waals surface area contributed by atoms with E-state index < -0.39 is 49.0 Å². The van der Waals surface area contributed by atoms with Gasteiger partial charge in [-0.05, 0) is 49.9 Å². The second-order valence-corrected chi connectivity index (χ2v) is 13.5. The lowest BCUT2D eigenvalue weighted by Crippen LogP contribution is -2.39. The Kier molecular flexibility index (Phi) is 13.5. The lowest BCUT2D eigenvalue weighted by molar-refractivity contribution is -0.383. The number of ether oxygens (including phenoxy) is 2. The Hall–Kier alpha value is -5.83. The minimum absolute atomic E-state index is 0.0170. The van der Waals surface area contributed by atoms with Gasteiger partial charge in [0.05, 0.1) is 35.7 Å². The molecule has 3 aromatic rings. The molecule has 3 aliphatic rings. The zero-order valence-corrected chi connectivity index (χ0v) is 29.7. The number of amides is 3. The van der Waals surface area contributed by atoms with Gasteiger partial charge in [0.2, 0.25) is 0 Å². The third-order valence-corrected chi connectivity index (χ3v) is 8.76. The van der Waals surface area contributed by atoms with Gasteiger partial charge in [0.15, 0.2) is 12.4 Å². The molecule has 284 valence electrons. The first-order valence-electron chi connectivity index (χ1n) is 15.8. The maximum atomic E-state index is 14.7.